The lowest BCUT2D eigenvalue weighted by Gasteiger charge is -2.05. The van der Waals surface area contributed by atoms with Gasteiger partial charge in [0.1, 0.15) is 10.0 Å². The first-order valence-electron chi connectivity index (χ1n) is 6.38. The van der Waals surface area contributed by atoms with Crippen molar-refractivity contribution in [3.05, 3.63) is 33.8 Å². The van der Waals surface area contributed by atoms with Crippen LogP contribution in [0.3, 0.4) is 0 Å². The van der Waals surface area contributed by atoms with Gasteiger partial charge in [0.2, 0.25) is 0 Å². The van der Waals surface area contributed by atoms with E-state index in [-0.39, 0.29) is 0 Å². The van der Waals surface area contributed by atoms with Gasteiger partial charge in [0.25, 0.3) is 0 Å². The largest absolute Gasteiger partial charge is 0.314 e. The molecule has 0 aliphatic carbocycles. The number of rotatable bonds is 5. The van der Waals surface area contributed by atoms with Crippen LogP contribution >= 0.6 is 22.9 Å². The highest BCUT2D eigenvalue weighted by molar-refractivity contribution is 7.14. The monoisotopic (exact) mass is 295 g/mol. The average Bonchev–Trinajstić information content (AvgIpc) is 2.81. The fraction of sp³-hybridized carbons (Fsp3) is 0.429. The second kappa shape index (κ2) is 6.46. The molecular weight excluding hydrogens is 278 g/mol. The first-order chi connectivity index (χ1) is 9.06. The standard InChI is InChI=1S/C14H18ClN3S/c1-9(2)16-7-6-13-17-18-14(19-13)11-4-5-12(15)10(3)8-11/h4-5,8-9,16H,6-7H2,1-3H3. The maximum Gasteiger partial charge on any atom is 0.147 e. The van der Waals surface area contributed by atoms with E-state index in [1.54, 1.807) is 11.3 Å². The Labute approximate surface area is 123 Å². The molecule has 3 nitrogen and oxygen atoms in total. The zero-order valence-electron chi connectivity index (χ0n) is 11.4. The van der Waals surface area contributed by atoms with Crippen molar-refractivity contribution >= 4 is 22.9 Å². The molecule has 0 spiro atoms. The van der Waals surface area contributed by atoms with Crippen LogP contribution in [0.15, 0.2) is 18.2 Å². The normalized spacial score (nSPS) is 11.2. The minimum atomic E-state index is 0.506. The van der Waals surface area contributed by atoms with Crippen LogP contribution in [0.5, 0.6) is 0 Å². The highest BCUT2D eigenvalue weighted by Crippen LogP contribution is 2.27. The summed E-state index contributed by atoms with van der Waals surface area (Å²) in [5.74, 6) is 0. The summed E-state index contributed by atoms with van der Waals surface area (Å²) in [7, 11) is 0. The number of hydrogen-bond donors (Lipinski definition) is 1. The Kier molecular flexibility index (Phi) is 4.91. The molecule has 2 rings (SSSR count). The Hall–Kier alpha value is -0.970. The molecule has 0 saturated heterocycles. The molecule has 0 atom stereocenters. The van der Waals surface area contributed by atoms with E-state index in [9.17, 15) is 0 Å². The molecule has 0 saturated carbocycles. The SMILES string of the molecule is Cc1cc(-c2nnc(CCNC(C)C)s2)ccc1Cl. The smallest absolute Gasteiger partial charge is 0.147 e. The lowest BCUT2D eigenvalue weighted by molar-refractivity contribution is 0.588. The minimum absolute atomic E-state index is 0.506. The summed E-state index contributed by atoms with van der Waals surface area (Å²) in [5, 5.41) is 14.7. The molecule has 0 radical (unpaired) electrons. The number of aryl methyl sites for hydroxylation is 1. The van der Waals surface area contributed by atoms with Gasteiger partial charge in [-0.25, -0.2) is 0 Å². The van der Waals surface area contributed by atoms with Crippen LogP contribution in [0, 0.1) is 6.92 Å². The molecule has 0 fully saturated rings. The number of nitrogens with zero attached hydrogens (tertiary/aromatic N) is 2. The summed E-state index contributed by atoms with van der Waals surface area (Å²) >= 11 is 7.68. The van der Waals surface area contributed by atoms with Crippen LogP contribution in [0.25, 0.3) is 10.6 Å². The molecule has 0 bridgehead atoms. The summed E-state index contributed by atoms with van der Waals surface area (Å²) in [6.45, 7) is 7.22. The van der Waals surface area contributed by atoms with Gasteiger partial charge in [-0.15, -0.1) is 10.2 Å². The first-order valence-corrected chi connectivity index (χ1v) is 7.58. The molecule has 1 heterocycles. The van der Waals surface area contributed by atoms with E-state index in [4.69, 9.17) is 11.6 Å². The van der Waals surface area contributed by atoms with Crippen LogP contribution < -0.4 is 5.32 Å². The second-order valence-electron chi connectivity index (χ2n) is 4.82. The summed E-state index contributed by atoms with van der Waals surface area (Å²) in [6.07, 6.45) is 0.919. The Morgan fingerprint density at radius 3 is 2.79 bits per heavy atom. The number of hydrogen-bond acceptors (Lipinski definition) is 4. The average molecular weight is 296 g/mol. The molecule has 2 aromatic rings. The van der Waals surface area contributed by atoms with Gasteiger partial charge in [0.15, 0.2) is 0 Å². The van der Waals surface area contributed by atoms with Gasteiger partial charge in [-0.1, -0.05) is 42.9 Å². The zero-order chi connectivity index (χ0) is 13.8. The van der Waals surface area contributed by atoms with Gasteiger partial charge in [0.05, 0.1) is 0 Å². The van der Waals surface area contributed by atoms with Gasteiger partial charge in [-0.3, -0.25) is 0 Å². The van der Waals surface area contributed by atoms with E-state index in [1.807, 2.05) is 19.1 Å². The van der Waals surface area contributed by atoms with Crippen LogP contribution in [-0.2, 0) is 6.42 Å². The predicted molar refractivity (Wildman–Crippen MR) is 81.9 cm³/mol. The summed E-state index contributed by atoms with van der Waals surface area (Å²) in [4.78, 5) is 0. The van der Waals surface area contributed by atoms with Crippen molar-refractivity contribution in [2.45, 2.75) is 33.2 Å². The Balaban J connectivity index is 2.05. The summed E-state index contributed by atoms with van der Waals surface area (Å²) in [5.41, 5.74) is 2.15. The molecule has 1 N–H and O–H groups in total. The molecule has 0 unspecified atom stereocenters. The topological polar surface area (TPSA) is 37.8 Å². The molecule has 102 valence electrons. The predicted octanol–water partition coefficient (Wildman–Crippen LogP) is 3.71. The third kappa shape index (κ3) is 4.00. The molecule has 0 aliphatic rings. The van der Waals surface area contributed by atoms with Crippen LogP contribution in [0.1, 0.15) is 24.4 Å². The van der Waals surface area contributed by atoms with Crippen molar-refractivity contribution in [1.82, 2.24) is 15.5 Å². The second-order valence-corrected chi connectivity index (χ2v) is 6.29. The van der Waals surface area contributed by atoms with Gasteiger partial charge in [-0.2, -0.15) is 0 Å². The first kappa shape index (κ1) is 14.4. The van der Waals surface area contributed by atoms with E-state index in [0.29, 0.717) is 6.04 Å². The lowest BCUT2D eigenvalue weighted by atomic mass is 10.1. The van der Waals surface area contributed by atoms with Crippen molar-refractivity contribution in [3.63, 3.8) is 0 Å². The molecule has 1 aromatic heterocycles. The number of nitrogens with one attached hydrogen (secondary N) is 1. The molecule has 5 heteroatoms. The van der Waals surface area contributed by atoms with Crippen molar-refractivity contribution < 1.29 is 0 Å². The van der Waals surface area contributed by atoms with Gasteiger partial charge in [-0.05, 0) is 24.6 Å². The van der Waals surface area contributed by atoms with E-state index in [2.05, 4.69) is 35.4 Å². The fourth-order valence-electron chi connectivity index (χ4n) is 1.72. The van der Waals surface area contributed by atoms with E-state index < -0.39 is 0 Å². The summed E-state index contributed by atoms with van der Waals surface area (Å²) in [6, 6.07) is 6.46. The van der Waals surface area contributed by atoms with Crippen molar-refractivity contribution in [1.29, 1.82) is 0 Å². The highest BCUT2D eigenvalue weighted by atomic mass is 35.5. The van der Waals surface area contributed by atoms with Gasteiger partial charge >= 0.3 is 0 Å². The summed E-state index contributed by atoms with van der Waals surface area (Å²) < 4.78 is 0. The third-order valence-corrected chi connectivity index (χ3v) is 4.22. The van der Waals surface area contributed by atoms with Gasteiger partial charge < -0.3 is 5.32 Å². The third-order valence-electron chi connectivity index (χ3n) is 2.76. The van der Waals surface area contributed by atoms with Crippen LogP contribution in [-0.4, -0.2) is 22.8 Å². The molecule has 0 aliphatic heterocycles. The van der Waals surface area contributed by atoms with E-state index >= 15 is 0 Å². The van der Waals surface area contributed by atoms with Crippen molar-refractivity contribution in [3.8, 4) is 10.6 Å². The highest BCUT2D eigenvalue weighted by Gasteiger charge is 2.08. The quantitative estimate of drug-likeness (QED) is 0.914. The lowest BCUT2D eigenvalue weighted by Crippen LogP contribution is -2.24. The fourth-order valence-corrected chi connectivity index (χ4v) is 2.67. The molecular formula is C14H18ClN3S. The number of benzene rings is 1. The Bertz CT molecular complexity index is 551. The Morgan fingerprint density at radius 2 is 2.11 bits per heavy atom. The van der Waals surface area contributed by atoms with Crippen molar-refractivity contribution in [2.24, 2.45) is 0 Å². The molecule has 19 heavy (non-hydrogen) atoms. The minimum Gasteiger partial charge on any atom is -0.314 e. The number of halogens is 1. The van der Waals surface area contributed by atoms with E-state index in [1.165, 1.54) is 0 Å². The van der Waals surface area contributed by atoms with Crippen LogP contribution in [0.2, 0.25) is 5.02 Å². The van der Waals surface area contributed by atoms with Gasteiger partial charge in [0, 0.05) is 29.6 Å². The molecule has 0 amide bonds. The zero-order valence-corrected chi connectivity index (χ0v) is 13.0. The Morgan fingerprint density at radius 1 is 1.32 bits per heavy atom. The van der Waals surface area contributed by atoms with Crippen molar-refractivity contribution in [2.75, 3.05) is 6.54 Å². The molecule has 1 aromatic carbocycles. The number of aromatic nitrogens is 2. The maximum absolute atomic E-state index is 6.03. The van der Waals surface area contributed by atoms with Crippen LogP contribution in [0.4, 0.5) is 0 Å². The van der Waals surface area contributed by atoms with E-state index in [0.717, 1.165) is 39.1 Å². The maximum atomic E-state index is 6.03.